The average molecular weight is 438 g/mol. The molecule has 0 aromatic carbocycles. The zero-order valence-electron chi connectivity index (χ0n) is 14.7. The molecule has 2 heterocycles. The monoisotopic (exact) mass is 436 g/mol. The Bertz CT molecular complexity index is 484. The van der Waals surface area contributed by atoms with Crippen LogP contribution >= 0.6 is 0 Å². The van der Waals surface area contributed by atoms with E-state index in [1.165, 1.54) is 24.5 Å². The maximum Gasteiger partial charge on any atom is 0.253 e. The molecule has 22 heavy (non-hydrogen) atoms. The van der Waals surface area contributed by atoms with Gasteiger partial charge in [0, 0.05) is 13.8 Å². The Hall–Kier alpha value is -0.620. The van der Waals surface area contributed by atoms with Crippen molar-refractivity contribution in [3.63, 3.8) is 0 Å². The van der Waals surface area contributed by atoms with Crippen molar-refractivity contribution in [2.75, 3.05) is 0 Å². The summed E-state index contributed by atoms with van der Waals surface area (Å²) >= 11 is 0. The highest BCUT2D eigenvalue weighted by Gasteiger charge is 2.06. The molecule has 0 saturated carbocycles. The van der Waals surface area contributed by atoms with Crippen LogP contribution in [0.5, 0.6) is 0 Å². The molecule has 0 unspecified atom stereocenters. The number of hydrogen-bond acceptors (Lipinski definition) is 0. The van der Waals surface area contributed by atoms with Gasteiger partial charge in [0.1, 0.15) is 24.8 Å². The van der Waals surface area contributed by atoms with E-state index in [0.717, 1.165) is 13.1 Å². The summed E-state index contributed by atoms with van der Waals surface area (Å²) in [5.74, 6) is 2.64. The number of aryl methyl sites for hydroxylation is 4. The Morgan fingerprint density at radius 2 is 1.09 bits per heavy atom. The average Bonchev–Trinajstić information content (AvgIpc) is 2.91. The number of rotatable bonds is 4. The molecule has 0 N–H and O–H groups in total. The minimum Gasteiger partial charge on any atom is -1.00 e. The van der Waals surface area contributed by atoms with Crippen LogP contribution in [0.4, 0.5) is 0 Å². The number of aromatic nitrogens is 4. The third kappa shape index (κ3) is 6.65. The van der Waals surface area contributed by atoms with Crippen LogP contribution in [0.3, 0.4) is 0 Å². The lowest BCUT2D eigenvalue weighted by Crippen LogP contribution is -3.00. The fourth-order valence-corrected chi connectivity index (χ4v) is 2.15. The molecule has 2 aromatic rings. The number of halogens is 2. The third-order valence-corrected chi connectivity index (χ3v) is 3.72. The minimum absolute atomic E-state index is 0. The molecule has 6 heteroatoms. The van der Waals surface area contributed by atoms with Gasteiger partial charge in [0.2, 0.25) is 0 Å². The first-order valence-electron chi connectivity index (χ1n) is 7.53. The maximum absolute atomic E-state index is 2.26. The zero-order valence-corrected chi connectivity index (χ0v) is 17.9. The minimum atomic E-state index is 0. The topological polar surface area (TPSA) is 17.6 Å². The van der Waals surface area contributed by atoms with Gasteiger partial charge in [0.25, 0.3) is 11.6 Å². The Labute approximate surface area is 156 Å². The molecule has 128 valence electrons. The van der Waals surface area contributed by atoms with Gasteiger partial charge in [-0.05, 0) is 12.8 Å². The molecule has 0 fully saturated rings. The van der Waals surface area contributed by atoms with E-state index in [2.05, 4.69) is 84.8 Å². The first-order chi connectivity index (χ1) is 9.51. The molecule has 0 aliphatic heterocycles. The van der Waals surface area contributed by atoms with Crippen LogP contribution in [0.15, 0.2) is 24.8 Å². The van der Waals surface area contributed by atoms with Crippen LogP contribution in [0, 0.1) is 13.8 Å². The molecule has 2 rings (SSSR count). The molecule has 0 spiro atoms. The number of nitrogens with zero attached hydrogens (tertiary/aromatic N) is 4. The first kappa shape index (κ1) is 23.6. The van der Waals surface area contributed by atoms with Gasteiger partial charge in [-0.15, -0.1) is 0 Å². The van der Waals surface area contributed by atoms with Gasteiger partial charge in [-0.3, -0.25) is 0 Å². The van der Waals surface area contributed by atoms with E-state index in [9.17, 15) is 0 Å². The second-order valence-corrected chi connectivity index (χ2v) is 5.30. The summed E-state index contributed by atoms with van der Waals surface area (Å²) in [5, 5.41) is 0. The molecule has 0 saturated heterocycles. The van der Waals surface area contributed by atoms with Crippen molar-refractivity contribution >= 4 is 0 Å². The summed E-state index contributed by atoms with van der Waals surface area (Å²) in [6.07, 6.45) is 10.8. The summed E-state index contributed by atoms with van der Waals surface area (Å²) < 4.78 is 8.80. The van der Waals surface area contributed by atoms with E-state index < -0.39 is 0 Å². The van der Waals surface area contributed by atoms with E-state index in [-0.39, 0.29) is 34.0 Å². The van der Waals surface area contributed by atoms with Crippen LogP contribution in [0.2, 0.25) is 0 Å². The molecule has 0 atom stereocenters. The van der Waals surface area contributed by atoms with Crippen LogP contribution in [-0.2, 0) is 27.2 Å². The van der Waals surface area contributed by atoms with Crippen LogP contribution in [0.1, 0.15) is 38.3 Å². The van der Waals surface area contributed by atoms with Crippen LogP contribution in [0.25, 0.3) is 0 Å². The van der Waals surface area contributed by atoms with E-state index in [1.807, 2.05) is 0 Å². The molecule has 0 amide bonds. The van der Waals surface area contributed by atoms with Crippen LogP contribution in [-0.4, -0.2) is 9.13 Å². The molecule has 0 radical (unpaired) electrons. The van der Waals surface area contributed by atoms with E-state index in [4.69, 9.17) is 0 Å². The lowest BCUT2D eigenvalue weighted by molar-refractivity contribution is -0.677. The largest absolute Gasteiger partial charge is 1.00 e. The highest BCUT2D eigenvalue weighted by Crippen LogP contribution is 1.94. The molecular formula is C16H30Br2N4. The van der Waals surface area contributed by atoms with Gasteiger partial charge < -0.3 is 34.0 Å². The van der Waals surface area contributed by atoms with E-state index in [1.54, 1.807) is 0 Å². The van der Waals surface area contributed by atoms with Gasteiger partial charge >= 0.3 is 0 Å². The second kappa shape index (κ2) is 11.9. The van der Waals surface area contributed by atoms with Gasteiger partial charge in [-0.2, -0.15) is 0 Å². The van der Waals surface area contributed by atoms with Gasteiger partial charge in [-0.25, -0.2) is 18.3 Å². The molecular weight excluding hydrogens is 408 g/mol. The number of hydrogen-bond donors (Lipinski definition) is 0. The summed E-state index contributed by atoms with van der Waals surface area (Å²) in [5.41, 5.74) is 0. The quantitative estimate of drug-likeness (QED) is 0.435. The van der Waals surface area contributed by atoms with Crippen molar-refractivity contribution in [1.29, 1.82) is 0 Å². The lowest BCUT2D eigenvalue weighted by Gasteiger charge is -1.93. The van der Waals surface area contributed by atoms with Gasteiger partial charge in [-0.1, -0.05) is 13.8 Å². The smallest absolute Gasteiger partial charge is 0.253 e. The Balaban J connectivity index is 0. The molecule has 2 aromatic heterocycles. The predicted molar refractivity (Wildman–Crippen MR) is 81.3 cm³/mol. The van der Waals surface area contributed by atoms with Crippen molar-refractivity contribution < 1.29 is 43.1 Å². The van der Waals surface area contributed by atoms with Gasteiger partial charge in [0.05, 0.1) is 27.2 Å². The molecule has 4 nitrogen and oxygen atoms in total. The van der Waals surface area contributed by atoms with E-state index >= 15 is 0 Å². The van der Waals surface area contributed by atoms with Crippen molar-refractivity contribution in [2.24, 2.45) is 14.1 Å². The fraction of sp³-hybridized carbons (Fsp3) is 0.625. The normalized spacial score (nSPS) is 9.36. The Morgan fingerprint density at radius 1 is 0.773 bits per heavy atom. The third-order valence-electron chi connectivity index (χ3n) is 3.72. The summed E-state index contributed by atoms with van der Waals surface area (Å²) in [6.45, 7) is 10.9. The Kier molecular flexibility index (Phi) is 12.8. The standard InChI is InChI=1S/2C8H15N2.2BrH/c2*1-4-5-10-7-6-9(3)8(10)2;;/h2*6-7H,4-5H2,1-3H3;2*1H/q2*+1;;/p-2. The Morgan fingerprint density at radius 3 is 1.27 bits per heavy atom. The van der Waals surface area contributed by atoms with E-state index in [0.29, 0.717) is 0 Å². The SMILES string of the molecule is CCCn1cc[n+](C)c1C.CCCn1cc[n+](C)c1C.[Br-].[Br-]. The second-order valence-electron chi connectivity index (χ2n) is 5.30. The zero-order chi connectivity index (χ0) is 15.1. The lowest BCUT2D eigenvalue weighted by atomic mass is 10.5. The van der Waals surface area contributed by atoms with Crippen molar-refractivity contribution in [1.82, 2.24) is 9.13 Å². The van der Waals surface area contributed by atoms with Gasteiger partial charge in [0.15, 0.2) is 0 Å². The summed E-state index contributed by atoms with van der Waals surface area (Å²) in [4.78, 5) is 0. The molecule has 0 aliphatic carbocycles. The van der Waals surface area contributed by atoms with Crippen molar-refractivity contribution in [2.45, 2.75) is 53.6 Å². The summed E-state index contributed by atoms with van der Waals surface area (Å²) in [7, 11) is 4.14. The van der Waals surface area contributed by atoms with Crippen molar-refractivity contribution in [3.8, 4) is 0 Å². The highest BCUT2D eigenvalue weighted by atomic mass is 79.9. The number of imidazole rings is 2. The first-order valence-corrected chi connectivity index (χ1v) is 7.53. The molecule has 0 bridgehead atoms. The fourth-order valence-electron chi connectivity index (χ4n) is 2.15. The van der Waals surface area contributed by atoms with Crippen molar-refractivity contribution in [3.05, 3.63) is 36.4 Å². The maximum atomic E-state index is 2.26. The predicted octanol–water partition coefficient (Wildman–Crippen LogP) is -3.93. The summed E-state index contributed by atoms with van der Waals surface area (Å²) in [6, 6.07) is 0. The highest BCUT2D eigenvalue weighted by molar-refractivity contribution is 4.79. The molecule has 0 aliphatic rings. The van der Waals surface area contributed by atoms with Crippen LogP contribution < -0.4 is 43.1 Å².